The zero-order valence-corrected chi connectivity index (χ0v) is 12.5. The van der Waals surface area contributed by atoms with Crippen molar-refractivity contribution in [2.75, 3.05) is 19.6 Å². The number of thioether (sulfide) groups is 1. The highest BCUT2D eigenvalue weighted by Gasteiger charge is 2.49. The molecule has 0 aromatic rings. The third kappa shape index (κ3) is 2.01. The van der Waals surface area contributed by atoms with Crippen molar-refractivity contribution in [2.24, 2.45) is 5.73 Å². The van der Waals surface area contributed by atoms with E-state index < -0.39 is 0 Å². The molecule has 4 nitrogen and oxygen atoms in total. The highest BCUT2D eigenvalue weighted by molar-refractivity contribution is 8.04. The van der Waals surface area contributed by atoms with Crippen molar-refractivity contribution in [1.82, 2.24) is 9.74 Å². The van der Waals surface area contributed by atoms with E-state index in [4.69, 9.17) is 17.5 Å². The maximum absolute atomic E-state index is 12.2. The molecule has 0 saturated carbocycles. The van der Waals surface area contributed by atoms with Gasteiger partial charge >= 0.3 is 0 Å². The Labute approximate surface area is 127 Å². The summed E-state index contributed by atoms with van der Waals surface area (Å²) in [7, 11) is 0. The number of carbonyl (C=O) groups excluding carboxylic acids is 1. The minimum Gasteiger partial charge on any atom is -0.329 e. The molecule has 6 heteroatoms. The van der Waals surface area contributed by atoms with Gasteiger partial charge in [-0.1, -0.05) is 18.2 Å². The number of hydrogen-bond donors (Lipinski definition) is 1. The van der Waals surface area contributed by atoms with E-state index in [9.17, 15) is 4.79 Å². The predicted molar refractivity (Wildman–Crippen MR) is 81.9 cm³/mol. The summed E-state index contributed by atoms with van der Waals surface area (Å²) in [5, 5.41) is 5.91. The number of hydrogen-bond acceptors (Lipinski definition) is 4. The van der Waals surface area contributed by atoms with Gasteiger partial charge in [0.25, 0.3) is 5.91 Å². The lowest BCUT2D eigenvalue weighted by molar-refractivity contribution is -0.117. The smallest absolute Gasteiger partial charge is 0.273 e. The van der Waals surface area contributed by atoms with E-state index in [0.717, 1.165) is 17.7 Å². The van der Waals surface area contributed by atoms with Gasteiger partial charge in [-0.05, 0) is 23.5 Å². The first-order valence-electron chi connectivity index (χ1n) is 6.50. The summed E-state index contributed by atoms with van der Waals surface area (Å²) in [4.78, 5) is 12.2. The Kier molecular flexibility index (Phi) is 3.67. The highest BCUT2D eigenvalue weighted by atomic mass is 35.5. The van der Waals surface area contributed by atoms with Crippen LogP contribution in [0.4, 0.5) is 0 Å². The minimum atomic E-state index is -0.252. The molecule has 0 aromatic carbocycles. The van der Waals surface area contributed by atoms with E-state index in [-0.39, 0.29) is 10.7 Å². The van der Waals surface area contributed by atoms with E-state index in [1.807, 2.05) is 23.6 Å². The van der Waals surface area contributed by atoms with Crippen LogP contribution in [0.5, 0.6) is 0 Å². The molecular formula is C14H15ClN3OS. The number of nitrogens with two attached hydrogens (primary N) is 1. The first-order chi connectivity index (χ1) is 9.69. The first-order valence-corrected chi connectivity index (χ1v) is 7.72. The maximum Gasteiger partial charge on any atom is 0.273 e. The zero-order chi connectivity index (χ0) is 14.2. The summed E-state index contributed by atoms with van der Waals surface area (Å²) in [6.45, 7) is 1.35. The molecule has 1 spiro atoms. The lowest BCUT2D eigenvalue weighted by Crippen LogP contribution is -2.40. The van der Waals surface area contributed by atoms with Crippen LogP contribution in [-0.4, -0.2) is 34.7 Å². The van der Waals surface area contributed by atoms with E-state index in [1.165, 1.54) is 0 Å². The molecule has 1 amide bonds. The van der Waals surface area contributed by atoms with Crippen molar-refractivity contribution in [3.05, 3.63) is 46.6 Å². The molecule has 1 atom stereocenters. The minimum absolute atomic E-state index is 0.178. The topological polar surface area (TPSA) is 60.4 Å². The molecular weight excluding hydrogens is 294 g/mol. The molecule has 3 aliphatic rings. The molecule has 1 radical (unpaired) electrons. The van der Waals surface area contributed by atoms with Gasteiger partial charge in [-0.3, -0.25) is 9.21 Å². The Balaban J connectivity index is 1.92. The van der Waals surface area contributed by atoms with Crippen LogP contribution in [0.2, 0.25) is 0 Å². The molecule has 2 aliphatic heterocycles. The quantitative estimate of drug-likeness (QED) is 0.806. The summed E-state index contributed by atoms with van der Waals surface area (Å²) in [6, 6.07) is 0. The van der Waals surface area contributed by atoms with Crippen LogP contribution in [0.25, 0.3) is 0 Å². The number of rotatable bonds is 3. The lowest BCUT2D eigenvalue weighted by Gasteiger charge is -2.41. The number of allylic oxidation sites excluding steroid dienone is 3. The van der Waals surface area contributed by atoms with Crippen molar-refractivity contribution in [1.29, 1.82) is 0 Å². The summed E-state index contributed by atoms with van der Waals surface area (Å²) < 4.78 is 1.47. The molecule has 3 rings (SSSR count). The van der Waals surface area contributed by atoms with Crippen molar-refractivity contribution in [3.63, 3.8) is 0 Å². The zero-order valence-electron chi connectivity index (χ0n) is 10.9. The third-order valence-electron chi connectivity index (χ3n) is 3.64. The second kappa shape index (κ2) is 5.31. The van der Waals surface area contributed by atoms with Crippen LogP contribution in [0, 0.1) is 0 Å². The van der Waals surface area contributed by atoms with Crippen LogP contribution >= 0.6 is 23.5 Å². The van der Waals surface area contributed by atoms with Gasteiger partial charge in [-0.15, -0.1) is 11.8 Å². The average molecular weight is 309 g/mol. The normalized spacial score (nSPS) is 27.3. The lowest BCUT2D eigenvalue weighted by atomic mass is 9.82. The Hall–Kier alpha value is -1.17. The van der Waals surface area contributed by atoms with E-state index in [1.54, 1.807) is 16.2 Å². The fraction of sp³-hybridized carbons (Fsp3) is 0.357. The molecule has 0 saturated heterocycles. The second-order valence-electron chi connectivity index (χ2n) is 4.80. The molecule has 2 N–H and O–H groups in total. The highest BCUT2D eigenvalue weighted by Crippen LogP contribution is 2.56. The van der Waals surface area contributed by atoms with Gasteiger partial charge < -0.3 is 5.73 Å². The molecule has 1 aliphatic carbocycles. The van der Waals surface area contributed by atoms with Gasteiger partial charge in [0.2, 0.25) is 0 Å². The summed E-state index contributed by atoms with van der Waals surface area (Å²) in [5.74, 6) is -0.178. The Morgan fingerprint density at radius 3 is 3.25 bits per heavy atom. The average Bonchev–Trinajstić information content (AvgIpc) is 2.83. The van der Waals surface area contributed by atoms with Gasteiger partial charge in [-0.25, -0.2) is 5.32 Å². The van der Waals surface area contributed by atoms with Crippen LogP contribution in [-0.2, 0) is 4.79 Å². The van der Waals surface area contributed by atoms with Crippen LogP contribution in [0.3, 0.4) is 0 Å². The van der Waals surface area contributed by atoms with E-state index in [2.05, 4.69) is 11.4 Å². The number of amides is 1. The molecule has 20 heavy (non-hydrogen) atoms. The number of nitrogens with zero attached hydrogens (tertiary/aromatic N) is 2. The fourth-order valence-electron chi connectivity index (χ4n) is 2.73. The molecule has 0 fully saturated rings. The van der Waals surface area contributed by atoms with Crippen molar-refractivity contribution < 1.29 is 4.79 Å². The van der Waals surface area contributed by atoms with Crippen molar-refractivity contribution in [3.8, 4) is 0 Å². The second-order valence-corrected chi connectivity index (χ2v) is 6.38. The van der Waals surface area contributed by atoms with E-state index in [0.29, 0.717) is 25.2 Å². The summed E-state index contributed by atoms with van der Waals surface area (Å²) in [6.07, 6.45) is 9.01. The fourth-order valence-corrected chi connectivity index (χ4v) is 4.41. The Bertz CT molecular complexity index is 567. The Morgan fingerprint density at radius 2 is 2.45 bits per heavy atom. The Morgan fingerprint density at radius 1 is 1.60 bits per heavy atom. The van der Waals surface area contributed by atoms with Gasteiger partial charge in [0.05, 0.1) is 29.1 Å². The van der Waals surface area contributed by atoms with Gasteiger partial charge in [0.1, 0.15) is 0 Å². The molecule has 0 aromatic heterocycles. The van der Waals surface area contributed by atoms with Gasteiger partial charge in [0.15, 0.2) is 0 Å². The standard InChI is InChI=1S/C14H15ClN3OS/c15-18-8-4-11-10(13(19)17-7-6-16)9-20-14(11)5-2-1-3-12(14)18/h1-4,9H,5-8,16H2. The van der Waals surface area contributed by atoms with Crippen LogP contribution < -0.4 is 11.1 Å². The van der Waals surface area contributed by atoms with Crippen molar-refractivity contribution in [2.45, 2.75) is 11.2 Å². The molecule has 0 bridgehead atoms. The van der Waals surface area contributed by atoms with Crippen molar-refractivity contribution >= 4 is 29.4 Å². The van der Waals surface area contributed by atoms with E-state index >= 15 is 0 Å². The monoisotopic (exact) mass is 308 g/mol. The largest absolute Gasteiger partial charge is 0.329 e. The maximum atomic E-state index is 12.2. The summed E-state index contributed by atoms with van der Waals surface area (Å²) >= 11 is 7.93. The molecule has 2 heterocycles. The van der Waals surface area contributed by atoms with Crippen LogP contribution in [0.1, 0.15) is 6.42 Å². The van der Waals surface area contributed by atoms with Crippen LogP contribution in [0.15, 0.2) is 46.6 Å². The molecule has 105 valence electrons. The molecule has 1 unspecified atom stereocenters. The predicted octanol–water partition coefficient (Wildman–Crippen LogP) is 1.69. The number of halogens is 1. The first kappa shape index (κ1) is 13.8. The van der Waals surface area contributed by atoms with Gasteiger partial charge in [0, 0.05) is 18.3 Å². The SMILES string of the molecule is NCC[N]C(=O)C1=CSC23CC=CC=C2N(Cl)CC=C13. The third-order valence-corrected chi connectivity index (χ3v) is 5.32. The van der Waals surface area contributed by atoms with Gasteiger partial charge in [-0.2, -0.15) is 0 Å². The summed E-state index contributed by atoms with van der Waals surface area (Å²) in [5.41, 5.74) is 8.18. The number of carbonyl (C=O) groups is 1.